The van der Waals surface area contributed by atoms with Gasteiger partial charge in [-0.1, -0.05) is 16.8 Å². The van der Waals surface area contributed by atoms with Crippen LogP contribution in [0.1, 0.15) is 28.7 Å². The Labute approximate surface area is 121 Å². The van der Waals surface area contributed by atoms with Gasteiger partial charge in [-0.05, 0) is 19.9 Å². The van der Waals surface area contributed by atoms with E-state index in [0.29, 0.717) is 40.9 Å². The van der Waals surface area contributed by atoms with Gasteiger partial charge in [0, 0.05) is 18.8 Å². The summed E-state index contributed by atoms with van der Waals surface area (Å²) in [5, 5.41) is 9.94. The second kappa shape index (κ2) is 6.38. The monoisotopic (exact) mass is 294 g/mol. The van der Waals surface area contributed by atoms with Gasteiger partial charge in [-0.25, -0.2) is 4.98 Å². The zero-order valence-corrected chi connectivity index (χ0v) is 12.0. The summed E-state index contributed by atoms with van der Waals surface area (Å²) in [6.45, 7) is 4.74. The van der Waals surface area contributed by atoms with E-state index in [1.54, 1.807) is 19.1 Å². The van der Waals surface area contributed by atoms with Crippen LogP contribution >= 0.6 is 11.6 Å². The number of pyridine rings is 1. The molecule has 0 unspecified atom stereocenters. The summed E-state index contributed by atoms with van der Waals surface area (Å²) in [4.78, 5) is 16.1. The quantitative estimate of drug-likeness (QED) is 0.885. The first-order chi connectivity index (χ1) is 9.60. The summed E-state index contributed by atoms with van der Waals surface area (Å²) in [6, 6.07) is 3.34. The summed E-state index contributed by atoms with van der Waals surface area (Å²) in [7, 11) is 0. The molecule has 2 rings (SSSR count). The van der Waals surface area contributed by atoms with Gasteiger partial charge in [0.15, 0.2) is 0 Å². The molecule has 106 valence electrons. The molecule has 1 amide bonds. The fourth-order valence-electron chi connectivity index (χ4n) is 1.63. The summed E-state index contributed by atoms with van der Waals surface area (Å²) in [5.41, 5.74) is 1.07. The Morgan fingerprint density at radius 2 is 2.25 bits per heavy atom. The third-order valence-electron chi connectivity index (χ3n) is 2.55. The highest BCUT2D eigenvalue weighted by Gasteiger charge is 2.10. The third-order valence-corrected chi connectivity index (χ3v) is 2.84. The van der Waals surface area contributed by atoms with Crippen LogP contribution < -0.4 is 10.6 Å². The predicted molar refractivity (Wildman–Crippen MR) is 75.8 cm³/mol. The van der Waals surface area contributed by atoms with Crippen LogP contribution in [0.15, 0.2) is 22.9 Å². The molecular weight excluding hydrogens is 280 g/mol. The lowest BCUT2D eigenvalue weighted by Crippen LogP contribution is -2.23. The summed E-state index contributed by atoms with van der Waals surface area (Å²) in [6.07, 6.45) is 1.48. The number of carbonyl (C=O) groups excluding carboxylic acids is 1. The zero-order chi connectivity index (χ0) is 14.5. The maximum absolute atomic E-state index is 12.0. The Morgan fingerprint density at radius 1 is 1.45 bits per heavy atom. The number of nitrogens with one attached hydrogen (secondary N) is 2. The number of anilines is 1. The highest BCUT2D eigenvalue weighted by atomic mass is 35.5. The molecule has 0 spiro atoms. The maximum Gasteiger partial charge on any atom is 0.253 e. The van der Waals surface area contributed by atoms with Crippen LogP contribution in [-0.4, -0.2) is 22.6 Å². The van der Waals surface area contributed by atoms with Crippen molar-refractivity contribution in [1.82, 2.24) is 15.5 Å². The SMILES string of the molecule is CCNc1ncc(C(=O)NCc2cc(C)on2)cc1Cl. The molecule has 2 aromatic rings. The average Bonchev–Trinajstić information content (AvgIpc) is 2.84. The lowest BCUT2D eigenvalue weighted by atomic mass is 10.2. The van der Waals surface area contributed by atoms with E-state index in [-0.39, 0.29) is 5.91 Å². The Morgan fingerprint density at radius 3 is 2.85 bits per heavy atom. The van der Waals surface area contributed by atoms with Crippen molar-refractivity contribution >= 4 is 23.3 Å². The average molecular weight is 295 g/mol. The molecule has 0 bridgehead atoms. The van der Waals surface area contributed by atoms with Gasteiger partial charge in [0.2, 0.25) is 0 Å². The molecule has 0 aromatic carbocycles. The van der Waals surface area contributed by atoms with Crippen molar-refractivity contribution in [3.63, 3.8) is 0 Å². The van der Waals surface area contributed by atoms with Crippen molar-refractivity contribution in [2.75, 3.05) is 11.9 Å². The van der Waals surface area contributed by atoms with E-state index in [0.717, 1.165) is 0 Å². The molecule has 2 aromatic heterocycles. The summed E-state index contributed by atoms with van der Waals surface area (Å²) < 4.78 is 4.92. The lowest BCUT2D eigenvalue weighted by molar-refractivity contribution is 0.0950. The van der Waals surface area contributed by atoms with E-state index in [2.05, 4.69) is 20.8 Å². The normalized spacial score (nSPS) is 10.3. The van der Waals surface area contributed by atoms with Gasteiger partial charge in [0.1, 0.15) is 17.3 Å². The number of aromatic nitrogens is 2. The van der Waals surface area contributed by atoms with E-state index in [4.69, 9.17) is 16.1 Å². The standard InChI is InChI=1S/C13H15ClN4O2/c1-3-15-12-11(14)5-9(6-16-12)13(19)17-7-10-4-8(2)20-18-10/h4-6H,3,7H2,1-2H3,(H,15,16)(H,17,19). The van der Waals surface area contributed by atoms with Crippen LogP contribution in [0.3, 0.4) is 0 Å². The fourth-order valence-corrected chi connectivity index (χ4v) is 1.87. The van der Waals surface area contributed by atoms with Crippen molar-refractivity contribution in [2.24, 2.45) is 0 Å². The van der Waals surface area contributed by atoms with Crippen LogP contribution in [0, 0.1) is 6.92 Å². The summed E-state index contributed by atoms with van der Waals surface area (Å²) >= 11 is 6.04. The van der Waals surface area contributed by atoms with Crippen molar-refractivity contribution < 1.29 is 9.32 Å². The van der Waals surface area contributed by atoms with Gasteiger partial charge < -0.3 is 15.2 Å². The van der Waals surface area contributed by atoms with E-state index < -0.39 is 0 Å². The minimum absolute atomic E-state index is 0.261. The molecule has 7 heteroatoms. The molecule has 2 heterocycles. The number of halogens is 1. The topological polar surface area (TPSA) is 80.0 Å². The first-order valence-corrected chi connectivity index (χ1v) is 6.57. The minimum Gasteiger partial charge on any atom is -0.369 e. The van der Waals surface area contributed by atoms with Gasteiger partial charge in [-0.3, -0.25) is 4.79 Å². The van der Waals surface area contributed by atoms with Crippen molar-refractivity contribution in [3.05, 3.63) is 40.4 Å². The van der Waals surface area contributed by atoms with Gasteiger partial charge in [0.05, 0.1) is 17.1 Å². The Hall–Kier alpha value is -2.08. The number of rotatable bonds is 5. The van der Waals surface area contributed by atoms with E-state index in [1.807, 2.05) is 6.92 Å². The molecule has 0 radical (unpaired) electrons. The van der Waals surface area contributed by atoms with Crippen molar-refractivity contribution in [3.8, 4) is 0 Å². The number of aryl methyl sites for hydroxylation is 1. The lowest BCUT2D eigenvalue weighted by Gasteiger charge is -2.07. The number of carbonyl (C=O) groups is 1. The maximum atomic E-state index is 12.0. The molecule has 0 aliphatic carbocycles. The molecule has 0 fully saturated rings. The first kappa shape index (κ1) is 14.3. The molecule has 0 atom stereocenters. The Kier molecular flexibility index (Phi) is 4.57. The first-order valence-electron chi connectivity index (χ1n) is 6.20. The molecule has 6 nitrogen and oxygen atoms in total. The smallest absolute Gasteiger partial charge is 0.253 e. The molecule has 2 N–H and O–H groups in total. The molecular formula is C13H15ClN4O2. The van der Waals surface area contributed by atoms with Crippen molar-refractivity contribution in [2.45, 2.75) is 20.4 Å². The predicted octanol–water partition coefficient (Wildman–Crippen LogP) is 2.39. The molecule has 0 saturated carbocycles. The molecule has 0 saturated heterocycles. The van der Waals surface area contributed by atoms with Crippen LogP contribution in [0.2, 0.25) is 5.02 Å². The Balaban J connectivity index is 2.00. The van der Waals surface area contributed by atoms with Crippen molar-refractivity contribution in [1.29, 1.82) is 0 Å². The zero-order valence-electron chi connectivity index (χ0n) is 11.2. The van der Waals surface area contributed by atoms with Gasteiger partial charge >= 0.3 is 0 Å². The van der Waals surface area contributed by atoms with Gasteiger partial charge in [0.25, 0.3) is 5.91 Å². The van der Waals surface area contributed by atoms with Gasteiger partial charge in [-0.2, -0.15) is 0 Å². The van der Waals surface area contributed by atoms with Gasteiger partial charge in [-0.15, -0.1) is 0 Å². The highest BCUT2D eigenvalue weighted by molar-refractivity contribution is 6.33. The second-order valence-electron chi connectivity index (χ2n) is 4.20. The number of nitrogens with zero attached hydrogens (tertiary/aromatic N) is 2. The summed E-state index contributed by atoms with van der Waals surface area (Å²) in [5.74, 6) is 1.01. The van der Waals surface area contributed by atoms with Crippen LogP contribution in [-0.2, 0) is 6.54 Å². The largest absolute Gasteiger partial charge is 0.369 e. The van der Waals surface area contributed by atoms with Crippen LogP contribution in [0.4, 0.5) is 5.82 Å². The van der Waals surface area contributed by atoms with Crippen LogP contribution in [0.5, 0.6) is 0 Å². The number of hydrogen-bond donors (Lipinski definition) is 2. The minimum atomic E-state index is -0.261. The third kappa shape index (κ3) is 3.48. The van der Waals surface area contributed by atoms with Crippen LogP contribution in [0.25, 0.3) is 0 Å². The number of amides is 1. The number of hydrogen-bond acceptors (Lipinski definition) is 5. The fraction of sp³-hybridized carbons (Fsp3) is 0.308. The van der Waals surface area contributed by atoms with E-state index >= 15 is 0 Å². The molecule has 0 aliphatic heterocycles. The van der Waals surface area contributed by atoms with E-state index in [9.17, 15) is 4.79 Å². The highest BCUT2D eigenvalue weighted by Crippen LogP contribution is 2.19. The molecule has 0 aliphatic rings. The Bertz CT molecular complexity index is 612. The van der Waals surface area contributed by atoms with E-state index in [1.165, 1.54) is 6.20 Å². The second-order valence-corrected chi connectivity index (χ2v) is 4.60. The molecule has 20 heavy (non-hydrogen) atoms.